The second-order valence-electron chi connectivity index (χ2n) is 5.45. The fourth-order valence-corrected chi connectivity index (χ4v) is 2.47. The van der Waals surface area contributed by atoms with Gasteiger partial charge < -0.3 is 5.32 Å². The summed E-state index contributed by atoms with van der Waals surface area (Å²) in [5, 5.41) is 6.13. The fourth-order valence-electron chi connectivity index (χ4n) is 2.47. The molecule has 1 aromatic heterocycles. The fraction of sp³-hybridized carbons (Fsp3) is 0.438. The molecular formula is C16H21N3O3. The molecule has 6 heteroatoms. The molecule has 1 atom stereocenters. The highest BCUT2D eigenvalue weighted by atomic mass is 16.2. The van der Waals surface area contributed by atoms with Crippen molar-refractivity contribution in [1.82, 2.24) is 15.1 Å². The largest absolute Gasteiger partial charge is 0.354 e. The van der Waals surface area contributed by atoms with Crippen LogP contribution in [0.4, 0.5) is 0 Å². The Morgan fingerprint density at radius 1 is 1.27 bits per heavy atom. The summed E-state index contributed by atoms with van der Waals surface area (Å²) in [6.07, 6.45) is 2.07. The van der Waals surface area contributed by atoms with Crippen LogP contribution < -0.4 is 16.4 Å². The number of carbonyl (C=O) groups is 1. The van der Waals surface area contributed by atoms with Gasteiger partial charge in [-0.15, -0.1) is 0 Å². The van der Waals surface area contributed by atoms with Crippen molar-refractivity contribution in [2.24, 2.45) is 0 Å². The Morgan fingerprint density at radius 3 is 2.64 bits per heavy atom. The molecular weight excluding hydrogens is 282 g/mol. The van der Waals surface area contributed by atoms with Crippen LogP contribution in [0.25, 0.3) is 10.8 Å². The maximum absolute atomic E-state index is 12.3. The summed E-state index contributed by atoms with van der Waals surface area (Å²) in [6.45, 7) is 4.16. The summed E-state index contributed by atoms with van der Waals surface area (Å²) in [5.41, 5.74) is -0.612. The minimum atomic E-state index is -0.324. The standard InChI is InChI=1S/C16H21N3O3/c1-3-6-11(2)17-14(20)9-10-19-16(22)13-8-5-4-7-12(13)15(21)18-19/h4-5,7-8,11H,3,6,9-10H2,1-2H3,(H,17,20)(H,18,21)/t11-/m0/s1. The number of hydrogen-bond donors (Lipinski definition) is 2. The monoisotopic (exact) mass is 303 g/mol. The third kappa shape index (κ3) is 3.63. The SMILES string of the molecule is CCC[C@H](C)NC(=O)CCn1[nH]c(=O)c2ccccc2c1=O. The number of nitrogens with zero attached hydrogens (tertiary/aromatic N) is 1. The van der Waals surface area contributed by atoms with Gasteiger partial charge in [-0.05, 0) is 25.5 Å². The summed E-state index contributed by atoms with van der Waals surface area (Å²) < 4.78 is 1.20. The minimum Gasteiger partial charge on any atom is -0.354 e. The number of hydrogen-bond acceptors (Lipinski definition) is 3. The van der Waals surface area contributed by atoms with Crippen LogP contribution in [0.1, 0.15) is 33.1 Å². The predicted octanol–water partition coefficient (Wildman–Crippen LogP) is 1.38. The molecule has 1 aromatic carbocycles. The van der Waals surface area contributed by atoms with Crippen LogP contribution in [0.15, 0.2) is 33.9 Å². The topological polar surface area (TPSA) is 84.0 Å². The molecule has 2 rings (SSSR count). The average Bonchev–Trinajstić information content (AvgIpc) is 2.49. The molecule has 0 radical (unpaired) electrons. The quantitative estimate of drug-likeness (QED) is 0.845. The number of aromatic amines is 1. The van der Waals surface area contributed by atoms with Gasteiger partial charge in [-0.3, -0.25) is 19.5 Å². The minimum absolute atomic E-state index is 0.116. The normalized spacial score (nSPS) is 12.3. The second kappa shape index (κ2) is 7.06. The first-order valence-corrected chi connectivity index (χ1v) is 7.54. The number of aromatic nitrogens is 2. The molecule has 0 aliphatic heterocycles. The highest BCUT2D eigenvalue weighted by molar-refractivity contribution is 5.80. The number of aryl methyl sites for hydroxylation is 1. The van der Waals surface area contributed by atoms with Crippen molar-refractivity contribution in [1.29, 1.82) is 0 Å². The van der Waals surface area contributed by atoms with Gasteiger partial charge in [0.05, 0.1) is 17.3 Å². The van der Waals surface area contributed by atoms with Crippen molar-refractivity contribution < 1.29 is 4.79 Å². The van der Waals surface area contributed by atoms with Gasteiger partial charge in [0.25, 0.3) is 11.1 Å². The van der Waals surface area contributed by atoms with Gasteiger partial charge in [0, 0.05) is 12.5 Å². The molecule has 1 heterocycles. The van der Waals surface area contributed by atoms with Crippen LogP contribution in [-0.2, 0) is 11.3 Å². The smallest absolute Gasteiger partial charge is 0.273 e. The number of amides is 1. The van der Waals surface area contributed by atoms with Crippen molar-refractivity contribution in [2.75, 3.05) is 0 Å². The summed E-state index contributed by atoms with van der Waals surface area (Å²) in [5.74, 6) is -0.123. The lowest BCUT2D eigenvalue weighted by molar-refractivity contribution is -0.122. The molecule has 6 nitrogen and oxygen atoms in total. The molecule has 0 fully saturated rings. The zero-order chi connectivity index (χ0) is 16.1. The highest BCUT2D eigenvalue weighted by Crippen LogP contribution is 2.02. The number of carbonyl (C=O) groups excluding carboxylic acids is 1. The van der Waals surface area contributed by atoms with Gasteiger partial charge >= 0.3 is 0 Å². The van der Waals surface area contributed by atoms with E-state index in [1.165, 1.54) is 4.68 Å². The molecule has 0 bridgehead atoms. The Labute approximate surface area is 128 Å². The van der Waals surface area contributed by atoms with Crippen LogP contribution in [0.3, 0.4) is 0 Å². The molecule has 22 heavy (non-hydrogen) atoms. The molecule has 0 aliphatic rings. The van der Waals surface area contributed by atoms with Crippen LogP contribution >= 0.6 is 0 Å². The maximum atomic E-state index is 12.3. The van der Waals surface area contributed by atoms with E-state index in [1.54, 1.807) is 24.3 Å². The van der Waals surface area contributed by atoms with E-state index in [2.05, 4.69) is 17.3 Å². The Balaban J connectivity index is 2.13. The highest BCUT2D eigenvalue weighted by Gasteiger charge is 2.10. The molecule has 118 valence electrons. The van der Waals surface area contributed by atoms with E-state index in [0.717, 1.165) is 12.8 Å². The van der Waals surface area contributed by atoms with Gasteiger partial charge in [0.1, 0.15) is 0 Å². The van der Waals surface area contributed by atoms with E-state index < -0.39 is 0 Å². The second-order valence-corrected chi connectivity index (χ2v) is 5.45. The first-order valence-electron chi connectivity index (χ1n) is 7.54. The van der Waals surface area contributed by atoms with Crippen molar-refractivity contribution >= 4 is 16.7 Å². The van der Waals surface area contributed by atoms with E-state index in [0.29, 0.717) is 10.8 Å². The third-order valence-electron chi connectivity index (χ3n) is 3.58. The van der Waals surface area contributed by atoms with Gasteiger partial charge in [0.2, 0.25) is 5.91 Å². The number of nitrogens with one attached hydrogen (secondary N) is 2. The molecule has 1 amide bonds. The lowest BCUT2D eigenvalue weighted by atomic mass is 10.2. The number of benzene rings is 1. The van der Waals surface area contributed by atoms with E-state index in [-0.39, 0.29) is 36.0 Å². The van der Waals surface area contributed by atoms with Crippen molar-refractivity contribution in [3.8, 4) is 0 Å². The Bertz CT molecular complexity index is 776. The van der Waals surface area contributed by atoms with Crippen LogP contribution in [0.2, 0.25) is 0 Å². The summed E-state index contributed by atoms with van der Waals surface area (Å²) >= 11 is 0. The van der Waals surface area contributed by atoms with Crippen molar-refractivity contribution in [3.63, 3.8) is 0 Å². The average molecular weight is 303 g/mol. The van der Waals surface area contributed by atoms with E-state index >= 15 is 0 Å². The summed E-state index contributed by atoms with van der Waals surface area (Å²) in [6, 6.07) is 6.77. The molecule has 0 unspecified atom stereocenters. The van der Waals surface area contributed by atoms with Crippen LogP contribution in [0, 0.1) is 0 Å². The molecule has 2 aromatic rings. The van der Waals surface area contributed by atoms with E-state index in [1.807, 2.05) is 6.92 Å². The molecule has 0 saturated carbocycles. The molecule has 0 spiro atoms. The van der Waals surface area contributed by atoms with Gasteiger partial charge in [-0.25, -0.2) is 4.68 Å². The van der Waals surface area contributed by atoms with Crippen LogP contribution in [0.5, 0.6) is 0 Å². The number of H-pyrrole nitrogens is 1. The molecule has 2 N–H and O–H groups in total. The number of fused-ring (bicyclic) bond motifs is 1. The molecule has 0 aliphatic carbocycles. The van der Waals surface area contributed by atoms with Gasteiger partial charge in [0.15, 0.2) is 0 Å². The van der Waals surface area contributed by atoms with E-state index in [9.17, 15) is 14.4 Å². The summed E-state index contributed by atoms with van der Waals surface area (Å²) in [7, 11) is 0. The van der Waals surface area contributed by atoms with Crippen molar-refractivity contribution in [2.45, 2.75) is 45.7 Å². The first kappa shape index (κ1) is 16.0. The molecule has 0 saturated heterocycles. The van der Waals surface area contributed by atoms with Crippen LogP contribution in [-0.4, -0.2) is 21.7 Å². The Kier molecular flexibility index (Phi) is 5.14. The maximum Gasteiger partial charge on any atom is 0.273 e. The Morgan fingerprint density at radius 2 is 1.95 bits per heavy atom. The number of rotatable bonds is 6. The van der Waals surface area contributed by atoms with Crippen molar-refractivity contribution in [3.05, 3.63) is 45.0 Å². The first-order chi connectivity index (χ1) is 10.5. The van der Waals surface area contributed by atoms with Gasteiger partial charge in [-0.2, -0.15) is 0 Å². The zero-order valence-corrected chi connectivity index (χ0v) is 12.9. The third-order valence-corrected chi connectivity index (χ3v) is 3.58. The van der Waals surface area contributed by atoms with Gasteiger partial charge in [-0.1, -0.05) is 25.5 Å². The predicted molar refractivity (Wildman–Crippen MR) is 86.0 cm³/mol. The zero-order valence-electron chi connectivity index (χ0n) is 12.9. The Hall–Kier alpha value is -2.37. The van der Waals surface area contributed by atoms with E-state index in [4.69, 9.17) is 0 Å². The lowest BCUT2D eigenvalue weighted by Crippen LogP contribution is -2.35. The lowest BCUT2D eigenvalue weighted by Gasteiger charge is -2.13. The summed E-state index contributed by atoms with van der Waals surface area (Å²) in [4.78, 5) is 36.1.